The first-order valence-corrected chi connectivity index (χ1v) is 11.0. The Morgan fingerprint density at radius 3 is 1.35 bits per heavy atom. The van der Waals surface area contributed by atoms with Crippen molar-refractivity contribution in [3.63, 3.8) is 0 Å². The van der Waals surface area contributed by atoms with E-state index in [9.17, 15) is 28.8 Å². The molecule has 0 heterocycles. The van der Waals surface area contributed by atoms with Gasteiger partial charge in [-0.25, -0.2) is 9.59 Å². The summed E-state index contributed by atoms with van der Waals surface area (Å²) >= 11 is 0. The summed E-state index contributed by atoms with van der Waals surface area (Å²) in [7, 11) is 0. The second-order valence-electron chi connectivity index (χ2n) is 9.02. The maximum Gasteiger partial charge on any atom is 0.338 e. The van der Waals surface area contributed by atoms with Gasteiger partial charge in [0.25, 0.3) is 0 Å². The number of carboxylic acid groups (broad SMARTS) is 2. The molecule has 0 aromatic heterocycles. The first-order valence-electron chi connectivity index (χ1n) is 11.0. The number of carboxylic acids is 2. The van der Waals surface area contributed by atoms with Gasteiger partial charge in [0, 0.05) is 0 Å². The van der Waals surface area contributed by atoms with E-state index in [4.69, 9.17) is 15.9 Å². The summed E-state index contributed by atoms with van der Waals surface area (Å²) in [5.74, 6) is -6.48. The van der Waals surface area contributed by atoms with Gasteiger partial charge in [-0.3, -0.25) is 19.2 Å². The zero-order chi connectivity index (χ0) is 26.7. The lowest BCUT2D eigenvalue weighted by Crippen LogP contribution is -2.58. The van der Waals surface area contributed by atoms with Gasteiger partial charge in [-0.2, -0.15) is 0 Å². The van der Waals surface area contributed by atoms with Crippen LogP contribution < -0.4 is 27.0 Å². The van der Waals surface area contributed by atoms with Gasteiger partial charge in [-0.15, -0.1) is 0 Å². The van der Waals surface area contributed by atoms with Crippen molar-refractivity contribution in [2.45, 2.75) is 84.6 Å². The Morgan fingerprint density at radius 2 is 1.00 bits per heavy atom. The second kappa shape index (κ2) is 14.1. The molecular formula is C21H37N5O8. The molecule has 0 aliphatic rings. The molecule has 0 aromatic carbocycles. The molecule has 0 bridgehead atoms. The van der Waals surface area contributed by atoms with Crippen molar-refractivity contribution in [3.8, 4) is 0 Å². The van der Waals surface area contributed by atoms with Crippen molar-refractivity contribution in [2.24, 2.45) is 17.6 Å². The van der Waals surface area contributed by atoms with E-state index in [-0.39, 0.29) is 18.3 Å². The highest BCUT2D eigenvalue weighted by atomic mass is 16.4. The maximum atomic E-state index is 12.7. The normalized spacial score (nSPS) is 14.6. The van der Waals surface area contributed by atoms with Gasteiger partial charge >= 0.3 is 11.9 Å². The van der Waals surface area contributed by atoms with Gasteiger partial charge in [-0.05, 0) is 38.5 Å². The van der Waals surface area contributed by atoms with Crippen molar-refractivity contribution in [2.75, 3.05) is 0 Å². The molecule has 0 fully saturated rings. The van der Waals surface area contributed by atoms with Gasteiger partial charge in [0.05, 0.1) is 6.04 Å². The molecule has 194 valence electrons. The Kier molecular flexibility index (Phi) is 12.8. The third kappa shape index (κ3) is 11.1. The van der Waals surface area contributed by atoms with Gasteiger partial charge in [0.15, 0.2) is 0 Å². The van der Waals surface area contributed by atoms with E-state index in [1.807, 2.05) is 19.2 Å². The fraction of sp³-hybridized carbons (Fsp3) is 0.714. The molecule has 13 heteroatoms. The van der Waals surface area contributed by atoms with Crippen LogP contribution in [-0.4, -0.2) is 76.0 Å². The SMILES string of the molecule is CC(C)CC(NC(=O)C(C)N)C(=O)NC(C)C(=O)NC(CC(C)C)C(=O)NC(C(=O)O)C(=O)O. The molecule has 4 atom stereocenters. The summed E-state index contributed by atoms with van der Waals surface area (Å²) < 4.78 is 0. The number of hydrogen-bond donors (Lipinski definition) is 7. The number of nitrogens with one attached hydrogen (secondary N) is 4. The van der Waals surface area contributed by atoms with Crippen molar-refractivity contribution >= 4 is 35.6 Å². The van der Waals surface area contributed by atoms with Crippen LogP contribution in [0.15, 0.2) is 0 Å². The molecule has 4 amide bonds. The summed E-state index contributed by atoms with van der Waals surface area (Å²) in [6.07, 6.45) is 0.382. The first-order chi connectivity index (χ1) is 15.6. The zero-order valence-corrected chi connectivity index (χ0v) is 20.4. The van der Waals surface area contributed by atoms with Crippen LogP contribution in [0.3, 0.4) is 0 Å². The van der Waals surface area contributed by atoms with E-state index in [0.29, 0.717) is 6.42 Å². The number of aliphatic carboxylic acids is 2. The molecular weight excluding hydrogens is 450 g/mol. The number of hydrogen-bond acceptors (Lipinski definition) is 7. The van der Waals surface area contributed by atoms with E-state index >= 15 is 0 Å². The number of amides is 4. The zero-order valence-electron chi connectivity index (χ0n) is 20.4. The van der Waals surface area contributed by atoms with E-state index in [2.05, 4.69) is 16.0 Å². The fourth-order valence-electron chi connectivity index (χ4n) is 2.86. The molecule has 0 saturated carbocycles. The third-order valence-electron chi connectivity index (χ3n) is 4.63. The Morgan fingerprint density at radius 1 is 0.618 bits per heavy atom. The average molecular weight is 488 g/mol. The van der Waals surface area contributed by atoms with Crippen LogP contribution in [0.5, 0.6) is 0 Å². The highest BCUT2D eigenvalue weighted by Gasteiger charge is 2.33. The lowest BCUT2D eigenvalue weighted by molar-refractivity contribution is -0.153. The topological polar surface area (TPSA) is 217 Å². The van der Waals surface area contributed by atoms with Gasteiger partial charge < -0.3 is 37.2 Å². The van der Waals surface area contributed by atoms with Crippen molar-refractivity contribution < 1.29 is 39.0 Å². The Labute approximate surface area is 198 Å². The molecule has 0 spiro atoms. The molecule has 0 aromatic rings. The first kappa shape index (κ1) is 30.8. The molecule has 0 aliphatic heterocycles. The summed E-state index contributed by atoms with van der Waals surface area (Å²) in [4.78, 5) is 71.9. The van der Waals surface area contributed by atoms with E-state index < -0.39 is 65.8 Å². The Bertz CT molecular complexity index is 754. The van der Waals surface area contributed by atoms with E-state index in [0.717, 1.165) is 0 Å². The molecule has 0 saturated heterocycles. The number of carbonyl (C=O) groups is 6. The molecule has 13 nitrogen and oxygen atoms in total. The summed E-state index contributed by atoms with van der Waals surface area (Å²) in [5, 5.41) is 27.2. The van der Waals surface area contributed by atoms with Crippen LogP contribution in [-0.2, 0) is 28.8 Å². The van der Waals surface area contributed by atoms with Crippen molar-refractivity contribution in [1.82, 2.24) is 21.3 Å². The van der Waals surface area contributed by atoms with Gasteiger partial charge in [-0.1, -0.05) is 27.7 Å². The standard InChI is InChI=1S/C21H37N5O8/c1-9(2)7-13(24-16(27)11(5)22)18(29)23-12(6)17(28)25-14(8-10(3)4)19(30)26-15(20(31)32)21(33)34/h9-15H,7-8,22H2,1-6H3,(H,23,29)(H,24,27)(H,25,28)(H,26,30)(H,31,32)(H,33,34). The van der Waals surface area contributed by atoms with Crippen LogP contribution in [0.2, 0.25) is 0 Å². The molecule has 8 N–H and O–H groups in total. The Balaban J connectivity index is 5.37. The summed E-state index contributed by atoms with van der Waals surface area (Å²) in [6, 6.07) is -6.31. The molecule has 0 radical (unpaired) electrons. The molecule has 0 rings (SSSR count). The highest BCUT2D eigenvalue weighted by Crippen LogP contribution is 2.08. The minimum Gasteiger partial charge on any atom is -0.479 e. The largest absolute Gasteiger partial charge is 0.479 e. The van der Waals surface area contributed by atoms with Crippen LogP contribution in [0.1, 0.15) is 54.4 Å². The average Bonchev–Trinajstić information content (AvgIpc) is 2.69. The smallest absolute Gasteiger partial charge is 0.338 e. The van der Waals surface area contributed by atoms with E-state index in [1.165, 1.54) is 13.8 Å². The fourth-order valence-corrected chi connectivity index (χ4v) is 2.86. The predicted molar refractivity (Wildman–Crippen MR) is 121 cm³/mol. The molecule has 4 unspecified atom stereocenters. The predicted octanol–water partition coefficient (Wildman–Crippen LogP) is -1.45. The van der Waals surface area contributed by atoms with E-state index in [1.54, 1.807) is 13.8 Å². The highest BCUT2D eigenvalue weighted by molar-refractivity contribution is 6.02. The quantitative estimate of drug-likeness (QED) is 0.142. The van der Waals surface area contributed by atoms with Crippen LogP contribution in [0, 0.1) is 11.8 Å². The Hall–Kier alpha value is -3.22. The minimum atomic E-state index is -2.18. The lowest BCUT2D eigenvalue weighted by Gasteiger charge is -2.25. The van der Waals surface area contributed by atoms with Crippen LogP contribution in [0.4, 0.5) is 0 Å². The van der Waals surface area contributed by atoms with Crippen molar-refractivity contribution in [3.05, 3.63) is 0 Å². The number of carbonyl (C=O) groups excluding carboxylic acids is 4. The third-order valence-corrected chi connectivity index (χ3v) is 4.63. The monoisotopic (exact) mass is 487 g/mol. The number of nitrogens with two attached hydrogens (primary N) is 1. The summed E-state index contributed by atoms with van der Waals surface area (Å²) in [6.45, 7) is 10.0. The number of rotatable bonds is 14. The second-order valence-corrected chi connectivity index (χ2v) is 9.02. The van der Waals surface area contributed by atoms with Crippen molar-refractivity contribution in [1.29, 1.82) is 0 Å². The maximum absolute atomic E-state index is 12.7. The van der Waals surface area contributed by atoms with Crippen LogP contribution in [0.25, 0.3) is 0 Å². The summed E-state index contributed by atoms with van der Waals surface area (Å²) in [5.41, 5.74) is 5.54. The van der Waals surface area contributed by atoms with Gasteiger partial charge in [0.2, 0.25) is 29.7 Å². The molecule has 34 heavy (non-hydrogen) atoms. The minimum absolute atomic E-state index is 0.0452. The lowest BCUT2D eigenvalue weighted by atomic mass is 10.0. The van der Waals surface area contributed by atoms with Crippen LogP contribution >= 0.6 is 0 Å². The van der Waals surface area contributed by atoms with Gasteiger partial charge in [0.1, 0.15) is 18.1 Å². The molecule has 0 aliphatic carbocycles.